The summed E-state index contributed by atoms with van der Waals surface area (Å²) in [6, 6.07) is -2.57. The van der Waals surface area contributed by atoms with E-state index in [0.29, 0.717) is 0 Å². The van der Waals surface area contributed by atoms with Crippen LogP contribution in [0.2, 0.25) is 0 Å². The molecule has 10 heteroatoms. The van der Waals surface area contributed by atoms with Crippen LogP contribution in [0.1, 0.15) is 32.6 Å². The van der Waals surface area contributed by atoms with Crippen molar-refractivity contribution in [3.63, 3.8) is 0 Å². The van der Waals surface area contributed by atoms with Crippen molar-refractivity contribution in [1.82, 2.24) is 10.6 Å². The van der Waals surface area contributed by atoms with E-state index in [9.17, 15) is 19.2 Å². The Morgan fingerprint density at radius 2 is 1.26 bits per heavy atom. The molecule has 10 nitrogen and oxygen atoms in total. The van der Waals surface area contributed by atoms with Crippen LogP contribution in [0.5, 0.6) is 0 Å². The first-order valence-electron chi connectivity index (χ1n) is 7.02. The maximum atomic E-state index is 11.0. The van der Waals surface area contributed by atoms with Crippen LogP contribution in [-0.2, 0) is 19.2 Å². The Labute approximate surface area is 132 Å². The number of hydrogen-bond donors (Lipinski definition) is 6. The topological polar surface area (TPSA) is 173 Å². The normalized spacial score (nSPS) is 14.7. The number of nitrogens with one attached hydrogen (secondary N) is 2. The first-order chi connectivity index (χ1) is 10.6. The molecule has 0 saturated carbocycles. The van der Waals surface area contributed by atoms with Gasteiger partial charge in [0.1, 0.15) is 12.1 Å². The summed E-state index contributed by atoms with van der Waals surface area (Å²) in [7, 11) is 0. The summed E-state index contributed by atoms with van der Waals surface area (Å²) < 4.78 is 0. The molecule has 0 aromatic carbocycles. The Morgan fingerprint density at radius 1 is 0.826 bits per heavy atom. The summed E-state index contributed by atoms with van der Waals surface area (Å²) in [5.74, 6) is -4.61. The van der Waals surface area contributed by atoms with Gasteiger partial charge in [0.2, 0.25) is 0 Å². The zero-order valence-electron chi connectivity index (χ0n) is 12.7. The second-order valence-corrected chi connectivity index (χ2v) is 5.12. The van der Waals surface area contributed by atoms with E-state index in [0.717, 1.165) is 0 Å². The third-order valence-electron chi connectivity index (χ3n) is 3.05. The zero-order chi connectivity index (χ0) is 18.0. The fourth-order valence-electron chi connectivity index (χ4n) is 1.85. The lowest BCUT2D eigenvalue weighted by Gasteiger charge is -2.22. The van der Waals surface area contributed by atoms with E-state index in [1.54, 1.807) is 6.92 Å². The van der Waals surface area contributed by atoms with Gasteiger partial charge < -0.3 is 31.1 Å². The lowest BCUT2D eigenvalue weighted by atomic mass is 10.1. The average Bonchev–Trinajstić information content (AvgIpc) is 2.41. The van der Waals surface area contributed by atoms with Crippen LogP contribution in [0, 0.1) is 0 Å². The van der Waals surface area contributed by atoms with Gasteiger partial charge in [-0.1, -0.05) is 0 Å². The fraction of sp³-hybridized carbons (Fsp3) is 0.692. The molecule has 0 radical (unpaired) electrons. The highest BCUT2D eigenvalue weighted by molar-refractivity contribution is 5.75. The van der Waals surface area contributed by atoms with E-state index in [-0.39, 0.29) is 32.2 Å². The van der Waals surface area contributed by atoms with Crippen LogP contribution >= 0.6 is 0 Å². The third kappa shape index (κ3) is 10.2. The number of rotatable bonds is 13. The van der Waals surface area contributed by atoms with Crippen LogP contribution in [0.3, 0.4) is 0 Å². The zero-order valence-corrected chi connectivity index (χ0v) is 12.7. The van der Waals surface area contributed by atoms with Gasteiger partial charge in [-0.2, -0.15) is 0 Å². The Morgan fingerprint density at radius 3 is 1.65 bits per heavy atom. The summed E-state index contributed by atoms with van der Waals surface area (Å²) in [4.78, 5) is 43.0. The highest BCUT2D eigenvalue weighted by atomic mass is 16.4. The quantitative estimate of drug-likeness (QED) is 0.250. The summed E-state index contributed by atoms with van der Waals surface area (Å²) in [6.45, 7) is 1.70. The van der Waals surface area contributed by atoms with Crippen molar-refractivity contribution in [1.29, 1.82) is 0 Å². The largest absolute Gasteiger partial charge is 0.481 e. The number of aliphatic carboxylic acids is 4. The minimum Gasteiger partial charge on any atom is -0.481 e. The minimum atomic E-state index is -1.20. The summed E-state index contributed by atoms with van der Waals surface area (Å²) >= 11 is 0. The molecule has 23 heavy (non-hydrogen) atoms. The van der Waals surface area contributed by atoms with Gasteiger partial charge in [0.15, 0.2) is 0 Å². The Balaban J connectivity index is 4.38. The SMILES string of the molecule is CC(CN[C@@H](CCC(=O)O)C(=O)O)N[C@@H](CCC(=O)O)C(=O)O. The maximum Gasteiger partial charge on any atom is 0.320 e. The van der Waals surface area contributed by atoms with Gasteiger partial charge in [-0.15, -0.1) is 0 Å². The van der Waals surface area contributed by atoms with Gasteiger partial charge in [-0.05, 0) is 19.8 Å². The van der Waals surface area contributed by atoms with Crippen LogP contribution in [-0.4, -0.2) is 69.0 Å². The van der Waals surface area contributed by atoms with E-state index in [2.05, 4.69) is 10.6 Å². The van der Waals surface area contributed by atoms with Crippen molar-refractivity contribution < 1.29 is 39.6 Å². The second-order valence-electron chi connectivity index (χ2n) is 5.12. The smallest absolute Gasteiger partial charge is 0.320 e. The molecule has 0 rings (SSSR count). The number of hydrogen-bond acceptors (Lipinski definition) is 6. The van der Waals surface area contributed by atoms with Crippen LogP contribution < -0.4 is 10.6 Å². The highest BCUT2D eigenvalue weighted by Gasteiger charge is 2.22. The Kier molecular flexibility index (Phi) is 9.51. The van der Waals surface area contributed by atoms with Gasteiger partial charge in [-0.3, -0.25) is 19.2 Å². The molecule has 1 unspecified atom stereocenters. The molecular weight excluding hydrogens is 312 g/mol. The molecule has 0 aromatic rings. The van der Waals surface area contributed by atoms with E-state index >= 15 is 0 Å². The van der Waals surface area contributed by atoms with Gasteiger partial charge in [0.25, 0.3) is 0 Å². The van der Waals surface area contributed by atoms with Crippen LogP contribution in [0.4, 0.5) is 0 Å². The first-order valence-corrected chi connectivity index (χ1v) is 7.02. The van der Waals surface area contributed by atoms with Crippen molar-refractivity contribution in [2.24, 2.45) is 0 Å². The van der Waals surface area contributed by atoms with Crippen molar-refractivity contribution in [2.45, 2.75) is 50.7 Å². The van der Waals surface area contributed by atoms with E-state index in [4.69, 9.17) is 20.4 Å². The molecule has 0 amide bonds. The predicted molar refractivity (Wildman–Crippen MR) is 77.2 cm³/mol. The lowest BCUT2D eigenvalue weighted by Crippen LogP contribution is -2.49. The molecular formula is C13H22N2O8. The van der Waals surface area contributed by atoms with Crippen molar-refractivity contribution in [3.05, 3.63) is 0 Å². The van der Waals surface area contributed by atoms with Crippen LogP contribution in [0.25, 0.3) is 0 Å². The predicted octanol–water partition coefficient (Wildman–Crippen LogP) is -0.810. The van der Waals surface area contributed by atoms with Crippen molar-refractivity contribution in [3.8, 4) is 0 Å². The lowest BCUT2D eigenvalue weighted by molar-refractivity contribution is -0.143. The molecule has 0 spiro atoms. The molecule has 0 aliphatic carbocycles. The molecule has 132 valence electrons. The first kappa shape index (κ1) is 20.8. The monoisotopic (exact) mass is 334 g/mol. The molecule has 0 aromatic heterocycles. The molecule has 0 aliphatic rings. The Bertz CT molecular complexity index is 440. The van der Waals surface area contributed by atoms with Gasteiger partial charge in [0.05, 0.1) is 0 Å². The van der Waals surface area contributed by atoms with E-state index in [1.807, 2.05) is 0 Å². The minimum absolute atomic E-state index is 0.0907. The fourth-order valence-corrected chi connectivity index (χ4v) is 1.85. The number of carboxylic acids is 4. The van der Waals surface area contributed by atoms with Gasteiger partial charge in [-0.25, -0.2) is 0 Å². The number of carboxylic acid groups (broad SMARTS) is 4. The highest BCUT2D eigenvalue weighted by Crippen LogP contribution is 2.01. The van der Waals surface area contributed by atoms with E-state index in [1.165, 1.54) is 0 Å². The molecule has 0 heterocycles. The van der Waals surface area contributed by atoms with Gasteiger partial charge in [0, 0.05) is 25.4 Å². The molecule has 0 fully saturated rings. The van der Waals surface area contributed by atoms with Crippen molar-refractivity contribution >= 4 is 23.9 Å². The summed E-state index contributed by atoms with van der Waals surface area (Å²) in [6.07, 6.45) is -0.808. The molecule has 3 atom stereocenters. The molecule has 6 N–H and O–H groups in total. The molecule has 0 aliphatic heterocycles. The number of carbonyl (C=O) groups is 4. The summed E-state index contributed by atoms with van der Waals surface area (Å²) in [5, 5.41) is 40.5. The second kappa shape index (κ2) is 10.5. The Hall–Kier alpha value is -2.20. The molecule has 0 saturated heterocycles. The van der Waals surface area contributed by atoms with Gasteiger partial charge >= 0.3 is 23.9 Å². The maximum absolute atomic E-state index is 11.0. The van der Waals surface area contributed by atoms with Crippen molar-refractivity contribution in [2.75, 3.05) is 6.54 Å². The average molecular weight is 334 g/mol. The standard InChI is InChI=1S/C13H22N2O8/c1-7(15-9(13(22)23)3-5-11(18)19)6-14-8(12(20)21)2-4-10(16)17/h7-9,14-15H,2-6H2,1H3,(H,16,17)(H,18,19)(H,20,21)(H,22,23)/t7?,8-,9-/m0/s1. The summed E-state index contributed by atoms with van der Waals surface area (Å²) in [5.41, 5.74) is 0. The third-order valence-corrected chi connectivity index (χ3v) is 3.05. The molecule has 0 bridgehead atoms. The van der Waals surface area contributed by atoms with Crippen LogP contribution in [0.15, 0.2) is 0 Å². The van der Waals surface area contributed by atoms with E-state index < -0.39 is 42.0 Å².